The van der Waals surface area contributed by atoms with E-state index in [2.05, 4.69) is 17.0 Å². The van der Waals surface area contributed by atoms with Gasteiger partial charge >= 0.3 is 6.09 Å². The van der Waals surface area contributed by atoms with Crippen LogP contribution in [0.15, 0.2) is 24.3 Å². The molecule has 1 unspecified atom stereocenters. The van der Waals surface area contributed by atoms with Crippen molar-refractivity contribution in [2.24, 2.45) is 5.92 Å². The molecular formula is C27H43N3O4. The number of rotatable bonds is 7. The lowest BCUT2D eigenvalue weighted by atomic mass is 10.00. The van der Waals surface area contributed by atoms with E-state index < -0.39 is 11.9 Å². The van der Waals surface area contributed by atoms with Crippen molar-refractivity contribution in [1.82, 2.24) is 9.88 Å². The molecule has 0 bridgehead atoms. The number of aliphatic hydroxyl groups excluding tert-OH is 1. The third-order valence-corrected chi connectivity index (χ3v) is 6.03. The van der Waals surface area contributed by atoms with Crippen LogP contribution >= 0.6 is 0 Å². The molecular weight excluding hydrogens is 430 g/mol. The second kappa shape index (κ2) is 11.2. The van der Waals surface area contributed by atoms with E-state index in [9.17, 15) is 9.90 Å². The lowest BCUT2D eigenvalue weighted by molar-refractivity contribution is -0.137. The van der Waals surface area contributed by atoms with Crippen molar-refractivity contribution >= 4 is 11.9 Å². The van der Waals surface area contributed by atoms with Gasteiger partial charge in [0.2, 0.25) is 0 Å². The number of carbonyl (C=O) groups excluding carboxylic acids is 1. The molecule has 2 atom stereocenters. The Morgan fingerprint density at radius 1 is 1.21 bits per heavy atom. The number of amides is 1. The van der Waals surface area contributed by atoms with Gasteiger partial charge in [-0.2, -0.15) is 0 Å². The molecule has 0 spiro atoms. The van der Waals surface area contributed by atoms with Gasteiger partial charge in [-0.1, -0.05) is 12.1 Å². The number of hydrogen-bond acceptors (Lipinski definition) is 6. The Labute approximate surface area is 205 Å². The van der Waals surface area contributed by atoms with Crippen molar-refractivity contribution in [2.75, 3.05) is 31.1 Å². The fourth-order valence-electron chi connectivity index (χ4n) is 4.51. The molecule has 3 heterocycles. The molecule has 2 aliphatic heterocycles. The van der Waals surface area contributed by atoms with E-state index in [4.69, 9.17) is 14.5 Å². The number of pyridine rings is 1. The number of aromatic nitrogens is 1. The summed E-state index contributed by atoms with van der Waals surface area (Å²) in [5.41, 5.74) is 1.28. The Hall–Kier alpha value is -1.96. The van der Waals surface area contributed by atoms with E-state index in [1.807, 2.05) is 47.6 Å². The third kappa shape index (κ3) is 8.36. The predicted octanol–water partition coefficient (Wildman–Crippen LogP) is 4.71. The smallest absolute Gasteiger partial charge is 0.416 e. The summed E-state index contributed by atoms with van der Waals surface area (Å²) < 4.78 is 11.1. The Bertz CT molecular complexity index is 856. The van der Waals surface area contributed by atoms with E-state index >= 15 is 0 Å². The largest absolute Gasteiger partial charge is 0.443 e. The molecule has 1 aromatic rings. The second-order valence-electron chi connectivity index (χ2n) is 11.5. The number of aryl methyl sites for hydroxylation is 2. The zero-order valence-electron chi connectivity index (χ0n) is 21.8. The summed E-state index contributed by atoms with van der Waals surface area (Å²) in [5, 5.41) is 9.95. The zero-order valence-corrected chi connectivity index (χ0v) is 21.8. The predicted molar refractivity (Wildman–Crippen MR) is 135 cm³/mol. The molecule has 1 amide bonds. The van der Waals surface area contributed by atoms with E-state index in [-0.39, 0.29) is 11.7 Å². The van der Waals surface area contributed by atoms with Gasteiger partial charge in [0.25, 0.3) is 0 Å². The van der Waals surface area contributed by atoms with Crippen molar-refractivity contribution < 1.29 is 19.4 Å². The van der Waals surface area contributed by atoms with Gasteiger partial charge < -0.3 is 14.6 Å². The summed E-state index contributed by atoms with van der Waals surface area (Å²) in [7, 11) is 0. The van der Waals surface area contributed by atoms with Crippen molar-refractivity contribution in [3.8, 4) is 0 Å². The minimum absolute atomic E-state index is 0.310. The minimum atomic E-state index is -0.867. The molecule has 7 heteroatoms. The monoisotopic (exact) mass is 473 g/mol. The molecule has 0 radical (unpaired) electrons. The number of fused-ring (bicyclic) bond motifs is 1. The Kier molecular flexibility index (Phi) is 8.77. The summed E-state index contributed by atoms with van der Waals surface area (Å²) in [6.07, 6.45) is 7.58. The summed E-state index contributed by atoms with van der Waals surface area (Å²) in [5.74, 6) is 1.40. The Morgan fingerprint density at radius 2 is 1.97 bits per heavy atom. The van der Waals surface area contributed by atoms with Gasteiger partial charge in [-0.25, -0.2) is 9.78 Å². The Balaban J connectivity index is 1.50. The van der Waals surface area contributed by atoms with Gasteiger partial charge in [-0.3, -0.25) is 9.80 Å². The topological polar surface area (TPSA) is 75.1 Å². The molecule has 0 aromatic carbocycles. The Morgan fingerprint density at radius 3 is 2.68 bits per heavy atom. The summed E-state index contributed by atoms with van der Waals surface area (Å²) in [6, 6.07) is 4.24. The van der Waals surface area contributed by atoms with Gasteiger partial charge in [0, 0.05) is 25.3 Å². The van der Waals surface area contributed by atoms with Crippen LogP contribution in [-0.4, -0.2) is 64.8 Å². The molecule has 190 valence electrons. The van der Waals surface area contributed by atoms with Gasteiger partial charge in [-0.15, -0.1) is 0 Å². The van der Waals surface area contributed by atoms with E-state index in [1.165, 1.54) is 6.42 Å². The van der Waals surface area contributed by atoms with Crippen molar-refractivity contribution in [3.63, 3.8) is 0 Å². The molecule has 3 rings (SSSR count). The van der Waals surface area contributed by atoms with E-state index in [1.54, 1.807) is 11.0 Å². The van der Waals surface area contributed by atoms with Crippen LogP contribution in [0.1, 0.15) is 72.1 Å². The number of aliphatic hydroxyl groups is 1. The fourth-order valence-corrected chi connectivity index (χ4v) is 4.51. The average Bonchev–Trinajstić information content (AvgIpc) is 3.16. The van der Waals surface area contributed by atoms with Gasteiger partial charge in [0.1, 0.15) is 11.4 Å². The van der Waals surface area contributed by atoms with Crippen LogP contribution in [0.25, 0.3) is 0 Å². The second-order valence-corrected chi connectivity index (χ2v) is 11.5. The molecule has 1 fully saturated rings. The highest BCUT2D eigenvalue weighted by Crippen LogP contribution is 2.28. The highest BCUT2D eigenvalue weighted by Gasteiger charge is 2.29. The highest BCUT2D eigenvalue weighted by atomic mass is 16.6. The maximum Gasteiger partial charge on any atom is 0.416 e. The maximum atomic E-state index is 12.7. The van der Waals surface area contributed by atoms with Gasteiger partial charge in [0.05, 0.1) is 5.60 Å². The standard InChI is InChI=1S/C27H43N3O4/c1-26(2,3)33-23(31)10-8-16-29-18-15-20(19-29)11-13-22-14-12-21-9-7-17-30(24(21)28-22)25(32)34-27(4,5)6/h8,10,12,14,20,23,31H,7,9,11,13,15-19H2,1-6H3/b10-8+/t20-,23?/m1/s1. The SMILES string of the molecule is CC(C)(C)OC(=O)N1CCCc2ccc(CC[C@@H]3CCN(C/C=C/C(O)OC(C)(C)C)C3)nc21. The molecule has 1 aromatic heterocycles. The van der Waals surface area contributed by atoms with E-state index in [0.717, 1.165) is 62.4 Å². The first-order valence-electron chi connectivity index (χ1n) is 12.6. The molecule has 0 saturated carbocycles. The van der Waals surface area contributed by atoms with Gasteiger partial charge in [0.15, 0.2) is 6.29 Å². The third-order valence-electron chi connectivity index (χ3n) is 6.03. The number of ether oxygens (including phenoxy) is 2. The molecule has 2 aliphatic rings. The first kappa shape index (κ1) is 26.6. The van der Waals surface area contributed by atoms with Crippen LogP contribution in [-0.2, 0) is 22.3 Å². The van der Waals surface area contributed by atoms with Crippen LogP contribution < -0.4 is 4.90 Å². The van der Waals surface area contributed by atoms with Gasteiger partial charge in [-0.05, 0) is 104 Å². The van der Waals surface area contributed by atoms with E-state index in [0.29, 0.717) is 12.5 Å². The summed E-state index contributed by atoms with van der Waals surface area (Å²) in [4.78, 5) is 21.7. The van der Waals surface area contributed by atoms with Crippen LogP contribution in [0.4, 0.5) is 10.6 Å². The lowest BCUT2D eigenvalue weighted by Gasteiger charge is -2.31. The lowest BCUT2D eigenvalue weighted by Crippen LogP contribution is -2.40. The molecule has 1 N–H and O–H groups in total. The quantitative estimate of drug-likeness (QED) is 0.456. The van der Waals surface area contributed by atoms with Crippen LogP contribution in [0, 0.1) is 5.92 Å². The number of nitrogens with zero attached hydrogens (tertiary/aromatic N) is 3. The normalized spacial score (nSPS) is 20.6. The molecule has 1 saturated heterocycles. The summed E-state index contributed by atoms with van der Waals surface area (Å²) >= 11 is 0. The molecule has 34 heavy (non-hydrogen) atoms. The highest BCUT2D eigenvalue weighted by molar-refractivity contribution is 5.88. The first-order chi connectivity index (χ1) is 15.9. The number of likely N-dealkylation sites (tertiary alicyclic amines) is 1. The number of carbonyl (C=O) groups is 1. The minimum Gasteiger partial charge on any atom is -0.443 e. The van der Waals surface area contributed by atoms with Crippen molar-refractivity contribution in [3.05, 3.63) is 35.5 Å². The average molecular weight is 474 g/mol. The molecule has 0 aliphatic carbocycles. The first-order valence-corrected chi connectivity index (χ1v) is 12.6. The molecule has 7 nitrogen and oxygen atoms in total. The summed E-state index contributed by atoms with van der Waals surface area (Å²) in [6.45, 7) is 15.1. The van der Waals surface area contributed by atoms with Crippen LogP contribution in [0.5, 0.6) is 0 Å². The van der Waals surface area contributed by atoms with Crippen LogP contribution in [0.3, 0.4) is 0 Å². The fraction of sp³-hybridized carbons (Fsp3) is 0.704. The zero-order chi connectivity index (χ0) is 24.9. The van der Waals surface area contributed by atoms with Crippen molar-refractivity contribution in [2.45, 2.75) is 91.1 Å². The van der Waals surface area contributed by atoms with Crippen molar-refractivity contribution in [1.29, 1.82) is 0 Å². The number of hydrogen-bond donors (Lipinski definition) is 1. The maximum absolute atomic E-state index is 12.7. The van der Waals surface area contributed by atoms with Crippen LogP contribution in [0.2, 0.25) is 0 Å². The number of anilines is 1.